The second-order valence-corrected chi connectivity index (χ2v) is 12.4. The maximum Gasteiger partial charge on any atom is 0.263 e. The molecule has 0 atom stereocenters. The minimum Gasteiger partial charge on any atom is -0.383 e. The third-order valence-corrected chi connectivity index (χ3v) is 8.87. The number of halogens is 2. The summed E-state index contributed by atoms with van der Waals surface area (Å²) in [6.07, 6.45) is 2.49. The summed E-state index contributed by atoms with van der Waals surface area (Å²) in [6.45, 7) is 4.74. The van der Waals surface area contributed by atoms with Gasteiger partial charge in [0.15, 0.2) is 0 Å². The van der Waals surface area contributed by atoms with E-state index in [-0.39, 0.29) is 23.1 Å². The molecule has 2 fully saturated rings. The Hall–Kier alpha value is -4.34. The lowest BCUT2D eigenvalue weighted by molar-refractivity contribution is 0.0904. The lowest BCUT2D eigenvalue weighted by Gasteiger charge is -2.34. The molecule has 5 rings (SSSR count). The molecule has 44 heavy (non-hydrogen) atoms. The van der Waals surface area contributed by atoms with Crippen molar-refractivity contribution in [2.45, 2.75) is 23.8 Å². The Bertz CT molecular complexity index is 1640. The number of nitrogens with zero attached hydrogens (tertiary/aromatic N) is 3. The zero-order valence-electron chi connectivity index (χ0n) is 24.1. The topological polar surface area (TPSA) is 166 Å². The van der Waals surface area contributed by atoms with Gasteiger partial charge in [0, 0.05) is 69.1 Å². The number of hydrogen-bond acceptors (Lipinski definition) is 10. The molecular weight excluding hydrogens is 594 g/mol. The first-order valence-corrected chi connectivity index (χ1v) is 15.5. The molecule has 3 aromatic rings. The standard InChI is InChI=1S/C29H34F2N8O4S/c1-38-6-8-39(9-7-38)22-2-3-24(26(15-22)35-20-4-10-43-11-5-20)29(40)36-28(33)25-16-23(17-34-27(25)32)44(41,42)37-21-13-18(30)12-19(31)14-21/h2-3,12-17,20,35,37H,4-11H2,1H3,(H2,32,34)(H2,33,36,40). The van der Waals surface area contributed by atoms with E-state index >= 15 is 0 Å². The summed E-state index contributed by atoms with van der Waals surface area (Å²) in [6, 6.07) is 8.88. The van der Waals surface area contributed by atoms with Crippen molar-refractivity contribution in [3.8, 4) is 0 Å². The van der Waals surface area contributed by atoms with Gasteiger partial charge in [-0.15, -0.1) is 0 Å². The first-order valence-electron chi connectivity index (χ1n) is 14.0. The van der Waals surface area contributed by atoms with Crippen LogP contribution in [0, 0.1) is 17.0 Å². The summed E-state index contributed by atoms with van der Waals surface area (Å²) in [5, 5.41) is 14.5. The molecule has 0 spiro atoms. The summed E-state index contributed by atoms with van der Waals surface area (Å²) >= 11 is 0. The number of likely N-dealkylation sites (N-methyl/N-ethyl adjacent to an activating group) is 1. The van der Waals surface area contributed by atoms with Crippen LogP contribution in [0.4, 0.5) is 31.7 Å². The monoisotopic (exact) mass is 628 g/mol. The van der Waals surface area contributed by atoms with Crippen molar-refractivity contribution in [2.24, 2.45) is 0 Å². The van der Waals surface area contributed by atoms with Gasteiger partial charge in [0.1, 0.15) is 28.2 Å². The summed E-state index contributed by atoms with van der Waals surface area (Å²) in [5.41, 5.74) is 7.33. The number of carbonyl (C=O) groups excluding carboxylic acids is 1. The van der Waals surface area contributed by atoms with Gasteiger partial charge in [0.25, 0.3) is 15.9 Å². The number of amides is 1. The van der Waals surface area contributed by atoms with E-state index in [1.807, 2.05) is 12.1 Å². The lowest BCUT2D eigenvalue weighted by atomic mass is 10.1. The van der Waals surface area contributed by atoms with Crippen molar-refractivity contribution in [3.63, 3.8) is 0 Å². The van der Waals surface area contributed by atoms with E-state index in [2.05, 4.69) is 37.2 Å². The summed E-state index contributed by atoms with van der Waals surface area (Å²) in [4.78, 5) is 21.5. The third kappa shape index (κ3) is 7.41. The van der Waals surface area contributed by atoms with Crippen LogP contribution in [-0.2, 0) is 14.8 Å². The minimum absolute atomic E-state index is 0.0956. The average molecular weight is 629 g/mol. The van der Waals surface area contributed by atoms with Crippen molar-refractivity contribution >= 4 is 44.6 Å². The van der Waals surface area contributed by atoms with E-state index in [1.165, 1.54) is 0 Å². The molecule has 2 aliphatic heterocycles. The molecule has 0 saturated carbocycles. The van der Waals surface area contributed by atoms with E-state index in [4.69, 9.17) is 15.9 Å². The van der Waals surface area contributed by atoms with Crippen LogP contribution in [0.1, 0.15) is 28.8 Å². The number of hydrogen-bond donors (Lipinski definition) is 5. The predicted molar refractivity (Wildman–Crippen MR) is 164 cm³/mol. The van der Waals surface area contributed by atoms with Crippen LogP contribution in [0.25, 0.3) is 0 Å². The van der Waals surface area contributed by atoms with Crippen LogP contribution in [0.5, 0.6) is 0 Å². The van der Waals surface area contributed by atoms with Crippen LogP contribution in [0.2, 0.25) is 0 Å². The van der Waals surface area contributed by atoms with Crippen molar-refractivity contribution in [2.75, 3.05) is 67.1 Å². The second kappa shape index (κ2) is 13.1. The highest BCUT2D eigenvalue weighted by atomic mass is 32.2. The number of benzene rings is 2. The molecular formula is C29H34F2N8O4S. The van der Waals surface area contributed by atoms with Crippen molar-refractivity contribution < 1.29 is 26.7 Å². The molecule has 2 aliphatic rings. The minimum atomic E-state index is -4.38. The summed E-state index contributed by atoms with van der Waals surface area (Å²) in [5.74, 6) is -3.21. The van der Waals surface area contributed by atoms with Crippen LogP contribution < -0.4 is 26.0 Å². The fourth-order valence-electron chi connectivity index (χ4n) is 5.05. The predicted octanol–water partition coefficient (Wildman–Crippen LogP) is 2.84. The first-order chi connectivity index (χ1) is 21.0. The van der Waals surface area contributed by atoms with Crippen molar-refractivity contribution in [3.05, 3.63) is 71.4 Å². The van der Waals surface area contributed by atoms with E-state index < -0.39 is 38.3 Å². The van der Waals surface area contributed by atoms with Gasteiger partial charge in [-0.25, -0.2) is 22.2 Å². The fourth-order valence-corrected chi connectivity index (χ4v) is 6.06. The molecule has 0 bridgehead atoms. The van der Waals surface area contributed by atoms with Crippen LogP contribution in [0.3, 0.4) is 0 Å². The number of amidine groups is 1. The van der Waals surface area contributed by atoms with Crippen LogP contribution in [-0.4, -0.2) is 82.5 Å². The van der Waals surface area contributed by atoms with Gasteiger partial charge in [-0.2, -0.15) is 0 Å². The van der Waals surface area contributed by atoms with Crippen LogP contribution >= 0.6 is 0 Å². The number of rotatable bonds is 8. The Morgan fingerprint density at radius 1 is 1.02 bits per heavy atom. The number of carbonyl (C=O) groups is 1. The zero-order chi connectivity index (χ0) is 31.4. The molecule has 15 heteroatoms. The van der Waals surface area contributed by atoms with Crippen molar-refractivity contribution in [1.29, 1.82) is 5.41 Å². The van der Waals surface area contributed by atoms with Gasteiger partial charge in [-0.3, -0.25) is 14.9 Å². The number of anilines is 4. The Kier molecular flexibility index (Phi) is 9.27. The summed E-state index contributed by atoms with van der Waals surface area (Å²) in [7, 11) is -2.30. The number of nitrogens with two attached hydrogens (primary N) is 1. The zero-order valence-corrected chi connectivity index (χ0v) is 24.9. The van der Waals surface area contributed by atoms with Crippen LogP contribution in [0.15, 0.2) is 53.6 Å². The number of pyridine rings is 1. The molecule has 1 aromatic heterocycles. The van der Waals surface area contributed by atoms with Gasteiger partial charge < -0.3 is 30.9 Å². The Labute approximate surface area is 254 Å². The van der Waals surface area contributed by atoms with Gasteiger partial charge in [-0.1, -0.05) is 0 Å². The van der Waals surface area contributed by atoms with E-state index in [1.54, 1.807) is 6.07 Å². The number of aromatic nitrogens is 1. The molecule has 2 aromatic carbocycles. The SMILES string of the molecule is CN1CCN(c2ccc(C(=O)NC(=N)c3cc(S(=O)(=O)Nc4cc(F)cc(F)c4)cnc3N)c(NC3CCOCC3)c2)CC1. The molecule has 234 valence electrons. The third-order valence-electron chi connectivity index (χ3n) is 7.52. The Morgan fingerprint density at radius 2 is 1.70 bits per heavy atom. The number of nitrogens with one attached hydrogen (secondary N) is 4. The largest absolute Gasteiger partial charge is 0.383 e. The van der Waals surface area contributed by atoms with Gasteiger partial charge in [0.2, 0.25) is 0 Å². The maximum atomic E-state index is 13.6. The van der Waals surface area contributed by atoms with E-state index in [0.717, 1.165) is 69.1 Å². The van der Waals surface area contributed by atoms with E-state index in [9.17, 15) is 22.0 Å². The number of ether oxygens (including phenoxy) is 1. The molecule has 12 nitrogen and oxygen atoms in total. The Balaban J connectivity index is 1.37. The molecule has 0 aliphatic carbocycles. The quantitative estimate of drug-likeness (QED) is 0.186. The smallest absolute Gasteiger partial charge is 0.263 e. The number of nitrogen functional groups attached to an aromatic ring is 1. The van der Waals surface area contributed by atoms with Gasteiger partial charge >= 0.3 is 0 Å². The molecule has 1 amide bonds. The summed E-state index contributed by atoms with van der Waals surface area (Å²) < 4.78 is 60.6. The average Bonchev–Trinajstić information content (AvgIpc) is 2.97. The highest BCUT2D eigenvalue weighted by Crippen LogP contribution is 2.28. The van der Waals surface area contributed by atoms with Gasteiger partial charge in [-0.05, 0) is 56.3 Å². The second-order valence-electron chi connectivity index (χ2n) is 10.7. The molecule has 2 saturated heterocycles. The lowest BCUT2D eigenvalue weighted by Crippen LogP contribution is -2.44. The number of sulfonamides is 1. The molecule has 6 N–H and O–H groups in total. The molecule has 3 heterocycles. The fraction of sp³-hybridized carbons (Fsp3) is 0.345. The highest BCUT2D eigenvalue weighted by Gasteiger charge is 2.24. The number of piperazine rings is 1. The first kappa shape index (κ1) is 31.1. The normalized spacial score (nSPS) is 16.4. The maximum absolute atomic E-state index is 13.6. The van der Waals surface area contributed by atoms with Crippen molar-refractivity contribution in [1.82, 2.24) is 15.2 Å². The molecule has 0 radical (unpaired) electrons. The van der Waals surface area contributed by atoms with E-state index in [0.29, 0.717) is 30.5 Å². The van der Waals surface area contributed by atoms with Gasteiger partial charge in [0.05, 0.1) is 16.8 Å². The highest BCUT2D eigenvalue weighted by molar-refractivity contribution is 7.92. The Morgan fingerprint density at radius 3 is 2.39 bits per heavy atom. The molecule has 0 unspecified atom stereocenters.